The highest BCUT2D eigenvalue weighted by Gasteiger charge is 2.32. The molecule has 2 heterocycles. The predicted molar refractivity (Wildman–Crippen MR) is 79.0 cm³/mol. The fraction of sp³-hybridized carbons (Fsp3) is 0.667. The number of ether oxygens (including phenoxy) is 1. The van der Waals surface area contributed by atoms with Crippen molar-refractivity contribution < 1.29 is 14.3 Å². The normalized spacial score (nSPS) is 21.7. The van der Waals surface area contributed by atoms with E-state index >= 15 is 0 Å². The molecule has 7 nitrogen and oxygen atoms in total. The smallest absolute Gasteiger partial charge is 0.249 e. The number of nitrogens with zero attached hydrogens (tertiary/aromatic N) is 3. The van der Waals surface area contributed by atoms with Crippen LogP contribution in [0.25, 0.3) is 0 Å². The lowest BCUT2D eigenvalue weighted by Gasteiger charge is -2.33. The number of fused-ring (bicyclic) bond motifs is 1. The van der Waals surface area contributed by atoms with Crippen LogP contribution in [0, 0.1) is 0 Å². The SMILES string of the molecule is CNC(=O)C1CN(C(=O)COC2CCCC2)Cc2ccnn21. The molecule has 1 fully saturated rings. The van der Waals surface area contributed by atoms with Crippen molar-refractivity contribution in [1.29, 1.82) is 0 Å². The van der Waals surface area contributed by atoms with Gasteiger partial charge in [-0.25, -0.2) is 0 Å². The van der Waals surface area contributed by atoms with Gasteiger partial charge in [-0.2, -0.15) is 5.10 Å². The molecule has 1 aromatic rings. The van der Waals surface area contributed by atoms with Gasteiger partial charge < -0.3 is 15.0 Å². The van der Waals surface area contributed by atoms with Gasteiger partial charge in [0.05, 0.1) is 24.9 Å². The zero-order chi connectivity index (χ0) is 15.5. The summed E-state index contributed by atoms with van der Waals surface area (Å²) in [6.07, 6.45) is 6.32. The van der Waals surface area contributed by atoms with E-state index in [0.717, 1.165) is 18.5 Å². The molecule has 1 saturated carbocycles. The minimum atomic E-state index is -0.473. The average molecular weight is 306 g/mol. The molecule has 0 radical (unpaired) electrons. The fourth-order valence-electron chi connectivity index (χ4n) is 3.18. The van der Waals surface area contributed by atoms with Crippen molar-refractivity contribution in [3.63, 3.8) is 0 Å². The van der Waals surface area contributed by atoms with Crippen molar-refractivity contribution in [3.8, 4) is 0 Å². The Labute approximate surface area is 129 Å². The third-order valence-electron chi connectivity index (χ3n) is 4.44. The van der Waals surface area contributed by atoms with E-state index in [1.807, 2.05) is 6.07 Å². The number of amides is 2. The summed E-state index contributed by atoms with van der Waals surface area (Å²) in [5, 5.41) is 6.83. The Morgan fingerprint density at radius 2 is 2.18 bits per heavy atom. The Kier molecular flexibility index (Phi) is 4.42. The van der Waals surface area contributed by atoms with E-state index in [1.54, 1.807) is 22.8 Å². The first-order valence-corrected chi connectivity index (χ1v) is 7.82. The monoisotopic (exact) mass is 306 g/mol. The van der Waals surface area contributed by atoms with Gasteiger partial charge in [0.15, 0.2) is 0 Å². The standard InChI is InChI=1S/C15H22N4O3/c1-16-15(21)13-9-18(8-11-6-7-17-19(11)13)14(20)10-22-12-4-2-3-5-12/h6-7,12-13H,2-5,8-10H2,1H3,(H,16,21). The maximum absolute atomic E-state index is 12.4. The van der Waals surface area contributed by atoms with E-state index in [0.29, 0.717) is 13.1 Å². The molecule has 1 N–H and O–H groups in total. The largest absolute Gasteiger partial charge is 0.368 e. The molecule has 1 aliphatic heterocycles. The number of carbonyl (C=O) groups is 2. The van der Waals surface area contributed by atoms with E-state index in [9.17, 15) is 9.59 Å². The van der Waals surface area contributed by atoms with Crippen molar-refractivity contribution in [2.75, 3.05) is 20.2 Å². The van der Waals surface area contributed by atoms with Gasteiger partial charge in [-0.15, -0.1) is 0 Å². The predicted octanol–water partition coefficient (Wildman–Crippen LogP) is 0.472. The molecule has 0 bridgehead atoms. The number of likely N-dealkylation sites (N-methyl/N-ethyl adjacent to an activating group) is 1. The number of carbonyl (C=O) groups excluding carboxylic acids is 2. The van der Waals surface area contributed by atoms with Crippen LogP contribution in [-0.2, 0) is 20.9 Å². The topological polar surface area (TPSA) is 76.5 Å². The first-order valence-electron chi connectivity index (χ1n) is 7.82. The molecule has 0 spiro atoms. The van der Waals surface area contributed by atoms with Gasteiger partial charge in [-0.1, -0.05) is 12.8 Å². The van der Waals surface area contributed by atoms with Gasteiger partial charge in [0.25, 0.3) is 0 Å². The maximum Gasteiger partial charge on any atom is 0.249 e. The molecule has 2 amide bonds. The van der Waals surface area contributed by atoms with E-state index in [2.05, 4.69) is 10.4 Å². The van der Waals surface area contributed by atoms with Crippen molar-refractivity contribution >= 4 is 11.8 Å². The highest BCUT2D eigenvalue weighted by Crippen LogP contribution is 2.23. The van der Waals surface area contributed by atoms with Gasteiger partial charge >= 0.3 is 0 Å². The minimum absolute atomic E-state index is 0.0618. The zero-order valence-corrected chi connectivity index (χ0v) is 12.8. The number of rotatable bonds is 4. The summed E-state index contributed by atoms with van der Waals surface area (Å²) in [5.41, 5.74) is 0.870. The molecule has 0 aromatic carbocycles. The summed E-state index contributed by atoms with van der Waals surface area (Å²) in [5.74, 6) is -0.201. The average Bonchev–Trinajstić information content (AvgIpc) is 3.21. The molecule has 1 aliphatic carbocycles. The Hall–Kier alpha value is -1.89. The molecule has 7 heteroatoms. The molecular weight excluding hydrogens is 284 g/mol. The van der Waals surface area contributed by atoms with Crippen LogP contribution in [0.1, 0.15) is 37.4 Å². The molecule has 2 aliphatic rings. The minimum Gasteiger partial charge on any atom is -0.368 e. The van der Waals surface area contributed by atoms with Gasteiger partial charge in [-0.3, -0.25) is 14.3 Å². The highest BCUT2D eigenvalue weighted by atomic mass is 16.5. The van der Waals surface area contributed by atoms with Crippen molar-refractivity contribution in [1.82, 2.24) is 20.0 Å². The van der Waals surface area contributed by atoms with Crippen LogP contribution in [0.2, 0.25) is 0 Å². The lowest BCUT2D eigenvalue weighted by molar-refractivity contribution is -0.141. The maximum atomic E-state index is 12.4. The molecule has 1 atom stereocenters. The van der Waals surface area contributed by atoms with Crippen LogP contribution in [-0.4, -0.2) is 52.8 Å². The lowest BCUT2D eigenvalue weighted by atomic mass is 10.1. The first-order chi connectivity index (χ1) is 10.7. The Balaban J connectivity index is 1.64. The van der Waals surface area contributed by atoms with Crippen LogP contribution in [0.15, 0.2) is 12.3 Å². The van der Waals surface area contributed by atoms with E-state index in [1.165, 1.54) is 12.8 Å². The van der Waals surface area contributed by atoms with Crippen LogP contribution >= 0.6 is 0 Å². The van der Waals surface area contributed by atoms with Crippen LogP contribution in [0.3, 0.4) is 0 Å². The zero-order valence-electron chi connectivity index (χ0n) is 12.8. The van der Waals surface area contributed by atoms with Gasteiger partial charge in [-0.05, 0) is 18.9 Å². The van der Waals surface area contributed by atoms with E-state index in [4.69, 9.17) is 4.74 Å². The molecule has 3 rings (SSSR count). The number of aromatic nitrogens is 2. The Bertz CT molecular complexity index is 551. The quantitative estimate of drug-likeness (QED) is 0.877. The molecule has 1 unspecified atom stereocenters. The van der Waals surface area contributed by atoms with Crippen molar-refractivity contribution in [2.24, 2.45) is 0 Å². The third-order valence-corrected chi connectivity index (χ3v) is 4.44. The second-order valence-electron chi connectivity index (χ2n) is 5.89. The molecular formula is C15H22N4O3. The summed E-state index contributed by atoms with van der Waals surface area (Å²) in [6.45, 7) is 0.904. The Morgan fingerprint density at radius 1 is 1.41 bits per heavy atom. The van der Waals surface area contributed by atoms with Gasteiger partial charge in [0.1, 0.15) is 12.6 Å². The second-order valence-corrected chi connectivity index (χ2v) is 5.89. The lowest BCUT2D eigenvalue weighted by Crippen LogP contribution is -2.47. The first kappa shape index (κ1) is 15.0. The summed E-state index contributed by atoms with van der Waals surface area (Å²) < 4.78 is 7.39. The molecule has 0 saturated heterocycles. The van der Waals surface area contributed by atoms with Crippen LogP contribution < -0.4 is 5.32 Å². The van der Waals surface area contributed by atoms with E-state index in [-0.39, 0.29) is 24.5 Å². The second kappa shape index (κ2) is 6.48. The summed E-state index contributed by atoms with van der Waals surface area (Å²) in [7, 11) is 1.59. The molecule has 22 heavy (non-hydrogen) atoms. The number of nitrogens with one attached hydrogen (secondary N) is 1. The fourth-order valence-corrected chi connectivity index (χ4v) is 3.18. The third kappa shape index (κ3) is 2.99. The van der Waals surface area contributed by atoms with Crippen LogP contribution in [0.4, 0.5) is 0 Å². The number of hydrogen-bond donors (Lipinski definition) is 1. The Morgan fingerprint density at radius 3 is 2.91 bits per heavy atom. The number of hydrogen-bond acceptors (Lipinski definition) is 4. The van der Waals surface area contributed by atoms with Crippen LogP contribution in [0.5, 0.6) is 0 Å². The van der Waals surface area contributed by atoms with E-state index < -0.39 is 6.04 Å². The van der Waals surface area contributed by atoms with Gasteiger partial charge in [0, 0.05) is 13.2 Å². The summed E-state index contributed by atoms with van der Waals surface area (Å²) >= 11 is 0. The van der Waals surface area contributed by atoms with Crippen molar-refractivity contribution in [3.05, 3.63) is 18.0 Å². The van der Waals surface area contributed by atoms with Crippen molar-refractivity contribution in [2.45, 2.75) is 44.4 Å². The molecule has 120 valence electrons. The molecule has 1 aromatic heterocycles. The summed E-state index contributed by atoms with van der Waals surface area (Å²) in [4.78, 5) is 26.1. The van der Waals surface area contributed by atoms with Gasteiger partial charge in [0.2, 0.25) is 11.8 Å². The summed E-state index contributed by atoms with van der Waals surface area (Å²) in [6, 6.07) is 1.37. The highest BCUT2D eigenvalue weighted by molar-refractivity contribution is 5.83.